The highest BCUT2D eigenvalue weighted by Gasteiger charge is 2.29. The van der Waals surface area contributed by atoms with Crippen LogP contribution in [0.1, 0.15) is 18.5 Å². The van der Waals surface area contributed by atoms with Crippen molar-refractivity contribution < 1.29 is 18.1 Å². The molecule has 23 heavy (non-hydrogen) atoms. The molecule has 1 N–H and O–H groups in total. The number of nitrogens with zero attached hydrogens (tertiary/aromatic N) is 1. The molecule has 0 saturated carbocycles. The van der Waals surface area contributed by atoms with Crippen LogP contribution in [-0.2, 0) is 14.8 Å². The average molecular weight is 334 g/mol. The second-order valence-electron chi connectivity index (χ2n) is 4.80. The first-order valence-corrected chi connectivity index (χ1v) is 8.12. The Bertz CT molecular complexity index is 834. The molecule has 120 valence electrons. The molecule has 2 aromatic carbocycles. The zero-order chi connectivity index (χ0) is 17.0. The van der Waals surface area contributed by atoms with Crippen molar-refractivity contribution >= 4 is 21.5 Å². The fourth-order valence-electron chi connectivity index (χ4n) is 2.09. The lowest BCUT2D eigenvalue weighted by Gasteiger charge is -2.16. The largest absolute Gasteiger partial charge is 0.298 e. The van der Waals surface area contributed by atoms with E-state index in [2.05, 4.69) is 4.72 Å². The summed E-state index contributed by atoms with van der Waals surface area (Å²) >= 11 is 0. The van der Waals surface area contributed by atoms with E-state index in [9.17, 15) is 23.3 Å². The van der Waals surface area contributed by atoms with Crippen LogP contribution in [0, 0.1) is 10.1 Å². The van der Waals surface area contributed by atoms with Gasteiger partial charge in [-0.1, -0.05) is 42.5 Å². The minimum Gasteiger partial charge on any atom is -0.298 e. The molecule has 0 aromatic heterocycles. The van der Waals surface area contributed by atoms with Crippen molar-refractivity contribution in [2.24, 2.45) is 0 Å². The number of nitro benzene ring substituents is 1. The second-order valence-corrected chi connectivity index (χ2v) is 6.48. The minimum atomic E-state index is -4.24. The molecule has 0 heterocycles. The Balaban J connectivity index is 2.44. The number of rotatable bonds is 6. The number of sulfonamides is 1. The molecule has 0 fully saturated rings. The van der Waals surface area contributed by atoms with Crippen LogP contribution in [0.3, 0.4) is 0 Å². The van der Waals surface area contributed by atoms with E-state index in [4.69, 9.17) is 0 Å². The van der Waals surface area contributed by atoms with Gasteiger partial charge in [0, 0.05) is 6.07 Å². The highest BCUT2D eigenvalue weighted by atomic mass is 32.2. The first-order valence-electron chi connectivity index (χ1n) is 6.64. The van der Waals surface area contributed by atoms with E-state index in [1.165, 1.54) is 19.1 Å². The van der Waals surface area contributed by atoms with Gasteiger partial charge >= 0.3 is 0 Å². The Labute approximate surface area is 133 Å². The van der Waals surface area contributed by atoms with E-state index in [1.807, 2.05) is 0 Å². The minimum absolute atomic E-state index is 0.418. The molecule has 2 rings (SSSR count). The summed E-state index contributed by atoms with van der Waals surface area (Å²) in [4.78, 5) is 21.6. The third kappa shape index (κ3) is 3.79. The number of nitro groups is 1. The first kappa shape index (κ1) is 16.8. The zero-order valence-corrected chi connectivity index (χ0v) is 13.0. The summed E-state index contributed by atoms with van der Waals surface area (Å²) in [5.41, 5.74) is -0.0856. The van der Waals surface area contributed by atoms with Crippen molar-refractivity contribution in [3.05, 3.63) is 70.3 Å². The molecule has 1 atom stereocenters. The van der Waals surface area contributed by atoms with Crippen LogP contribution in [0.2, 0.25) is 0 Å². The van der Waals surface area contributed by atoms with E-state index in [0.717, 1.165) is 12.1 Å². The molecule has 0 bridgehead atoms. The van der Waals surface area contributed by atoms with Gasteiger partial charge < -0.3 is 0 Å². The SMILES string of the molecule is CC(=O)[C@@H](NS(=O)(=O)c1ccccc1[N+](=O)[O-])c1ccccc1. The number of Topliss-reactive ketones (excluding diaryl/α,β-unsaturated/α-hetero) is 1. The molecule has 0 aliphatic heterocycles. The predicted octanol–water partition coefficient (Wildman–Crippen LogP) is 2.20. The average Bonchev–Trinajstić information content (AvgIpc) is 2.53. The van der Waals surface area contributed by atoms with Gasteiger partial charge in [-0.25, -0.2) is 8.42 Å². The Hall–Kier alpha value is -2.58. The Morgan fingerprint density at radius 1 is 1.09 bits per heavy atom. The first-order chi connectivity index (χ1) is 10.8. The number of carbonyl (C=O) groups is 1. The summed E-state index contributed by atoms with van der Waals surface area (Å²) in [6, 6.07) is 12.2. The highest BCUT2D eigenvalue weighted by molar-refractivity contribution is 7.89. The number of ketones is 1. The third-order valence-corrected chi connectivity index (χ3v) is 4.63. The maximum atomic E-state index is 12.5. The lowest BCUT2D eigenvalue weighted by atomic mass is 10.1. The summed E-state index contributed by atoms with van der Waals surface area (Å²) in [5, 5.41) is 11.0. The van der Waals surface area contributed by atoms with Crippen molar-refractivity contribution in [1.29, 1.82) is 0 Å². The maximum Gasteiger partial charge on any atom is 0.289 e. The lowest BCUT2D eigenvalue weighted by Crippen LogP contribution is -2.33. The summed E-state index contributed by atoms with van der Waals surface area (Å²) in [6.07, 6.45) is 0. The standard InChI is InChI=1S/C15H14N2O5S/c1-11(18)15(12-7-3-2-4-8-12)16-23(21,22)14-10-6-5-9-13(14)17(19)20/h2-10,15-16H,1H3/t15-/m1/s1. The molecule has 8 heteroatoms. The molecular formula is C15H14N2O5S. The van der Waals surface area contributed by atoms with Gasteiger partial charge in [0.25, 0.3) is 5.69 Å². The van der Waals surface area contributed by atoms with Gasteiger partial charge in [0.05, 0.1) is 4.92 Å². The van der Waals surface area contributed by atoms with Gasteiger partial charge in [-0.05, 0) is 18.6 Å². The van der Waals surface area contributed by atoms with E-state index in [0.29, 0.717) is 5.56 Å². The van der Waals surface area contributed by atoms with Gasteiger partial charge in [0.1, 0.15) is 6.04 Å². The Morgan fingerprint density at radius 2 is 1.65 bits per heavy atom. The van der Waals surface area contributed by atoms with Crippen LogP contribution < -0.4 is 4.72 Å². The van der Waals surface area contributed by atoms with Crippen LogP contribution in [0.15, 0.2) is 59.5 Å². The Kier molecular flexibility index (Phi) is 4.87. The number of carbonyl (C=O) groups excluding carboxylic acids is 1. The number of benzene rings is 2. The highest BCUT2D eigenvalue weighted by Crippen LogP contribution is 2.25. The van der Waals surface area contributed by atoms with Gasteiger partial charge in [-0.2, -0.15) is 4.72 Å². The van der Waals surface area contributed by atoms with Crippen LogP contribution >= 0.6 is 0 Å². The summed E-state index contributed by atoms with van der Waals surface area (Å²) < 4.78 is 27.2. The van der Waals surface area contributed by atoms with E-state index < -0.39 is 37.4 Å². The van der Waals surface area contributed by atoms with Crippen molar-refractivity contribution in [2.75, 3.05) is 0 Å². The normalized spacial score (nSPS) is 12.6. The summed E-state index contributed by atoms with van der Waals surface area (Å²) in [7, 11) is -4.24. The van der Waals surface area contributed by atoms with Crippen LogP contribution in [0.25, 0.3) is 0 Å². The predicted molar refractivity (Wildman–Crippen MR) is 83.3 cm³/mol. The quantitative estimate of drug-likeness (QED) is 0.644. The monoisotopic (exact) mass is 334 g/mol. The maximum absolute atomic E-state index is 12.5. The molecule has 0 saturated heterocycles. The summed E-state index contributed by atoms with van der Waals surface area (Å²) in [5.74, 6) is -0.418. The second kappa shape index (κ2) is 6.67. The van der Waals surface area contributed by atoms with Gasteiger partial charge in [-0.3, -0.25) is 14.9 Å². The van der Waals surface area contributed by atoms with E-state index >= 15 is 0 Å². The number of hydrogen-bond acceptors (Lipinski definition) is 5. The molecule has 0 unspecified atom stereocenters. The summed E-state index contributed by atoms with van der Waals surface area (Å²) in [6.45, 7) is 1.25. The van der Waals surface area contributed by atoms with Crippen molar-refractivity contribution in [3.63, 3.8) is 0 Å². The van der Waals surface area contributed by atoms with Crippen LogP contribution in [-0.4, -0.2) is 19.1 Å². The zero-order valence-electron chi connectivity index (χ0n) is 12.2. The van der Waals surface area contributed by atoms with Crippen LogP contribution in [0.4, 0.5) is 5.69 Å². The van der Waals surface area contributed by atoms with Gasteiger partial charge in [-0.15, -0.1) is 0 Å². The molecule has 7 nitrogen and oxygen atoms in total. The smallest absolute Gasteiger partial charge is 0.289 e. The topological polar surface area (TPSA) is 106 Å². The molecule has 2 aromatic rings. The van der Waals surface area contributed by atoms with E-state index in [-0.39, 0.29) is 0 Å². The van der Waals surface area contributed by atoms with Crippen molar-refractivity contribution in [1.82, 2.24) is 4.72 Å². The number of para-hydroxylation sites is 1. The molecular weight excluding hydrogens is 320 g/mol. The molecule has 0 aliphatic carbocycles. The molecule has 0 aliphatic rings. The lowest BCUT2D eigenvalue weighted by molar-refractivity contribution is -0.387. The fraction of sp³-hybridized carbons (Fsp3) is 0.133. The third-order valence-electron chi connectivity index (χ3n) is 3.16. The van der Waals surface area contributed by atoms with Crippen LogP contribution in [0.5, 0.6) is 0 Å². The van der Waals surface area contributed by atoms with Gasteiger partial charge in [0.15, 0.2) is 10.7 Å². The van der Waals surface area contributed by atoms with E-state index in [1.54, 1.807) is 30.3 Å². The van der Waals surface area contributed by atoms with Gasteiger partial charge in [0.2, 0.25) is 10.0 Å². The molecule has 0 radical (unpaired) electrons. The number of nitrogens with one attached hydrogen (secondary N) is 1. The number of hydrogen-bond donors (Lipinski definition) is 1. The fourth-order valence-corrected chi connectivity index (χ4v) is 3.50. The Morgan fingerprint density at radius 3 is 2.22 bits per heavy atom. The van der Waals surface area contributed by atoms with Crippen molar-refractivity contribution in [3.8, 4) is 0 Å². The van der Waals surface area contributed by atoms with Crippen molar-refractivity contribution in [2.45, 2.75) is 17.9 Å². The molecule has 0 spiro atoms. The molecule has 0 amide bonds.